The zero-order chi connectivity index (χ0) is 30.6. The molecule has 0 aliphatic heterocycles. The minimum absolute atomic E-state index is 0.850. The number of hydrogen-bond acceptors (Lipinski definition) is 3. The average Bonchev–Trinajstić information content (AvgIpc) is 3.45. The van der Waals surface area contributed by atoms with Crippen molar-refractivity contribution in [3.63, 3.8) is 0 Å². The van der Waals surface area contributed by atoms with Crippen LogP contribution in [0.25, 0.3) is 82.7 Å². The summed E-state index contributed by atoms with van der Waals surface area (Å²) in [5, 5.41) is 7.44. The third-order valence-electron chi connectivity index (χ3n) is 9.05. The maximum Gasteiger partial charge on any atom is 0.0886 e. The summed E-state index contributed by atoms with van der Waals surface area (Å²) in [6, 6.07) is 45.2. The van der Waals surface area contributed by atoms with Gasteiger partial charge in [-0.3, -0.25) is 15.0 Å². The van der Waals surface area contributed by atoms with Crippen molar-refractivity contribution >= 4 is 43.4 Å². The molecule has 0 N–H and O–H groups in total. The molecule has 0 aliphatic carbocycles. The summed E-state index contributed by atoms with van der Waals surface area (Å²) in [6.07, 6.45) is 7.71. The zero-order valence-electron chi connectivity index (χ0n) is 25.2. The van der Waals surface area contributed by atoms with Gasteiger partial charge in [0, 0.05) is 46.2 Å². The normalized spacial score (nSPS) is 11.6. The molecule has 4 heteroatoms. The lowest BCUT2D eigenvalue weighted by molar-refractivity contribution is 1.16. The number of fused-ring (bicyclic) bond motifs is 6. The van der Waals surface area contributed by atoms with Gasteiger partial charge in [-0.25, -0.2) is 0 Å². The van der Waals surface area contributed by atoms with Gasteiger partial charge in [-0.2, -0.15) is 0 Å². The van der Waals surface area contributed by atoms with E-state index in [9.17, 15) is 0 Å². The zero-order valence-corrected chi connectivity index (χ0v) is 25.2. The number of nitrogens with zero attached hydrogens (tertiary/aromatic N) is 4. The first kappa shape index (κ1) is 26.3. The summed E-state index contributed by atoms with van der Waals surface area (Å²) < 4.78 is 2.29. The van der Waals surface area contributed by atoms with E-state index in [1.807, 2.05) is 24.8 Å². The van der Waals surface area contributed by atoms with Crippen LogP contribution in [0.3, 0.4) is 0 Å². The Bertz CT molecular complexity index is 2560. The molecular weight excluding hydrogens is 560 g/mol. The van der Waals surface area contributed by atoms with Crippen molar-refractivity contribution < 1.29 is 0 Å². The molecule has 0 atom stereocenters. The first-order valence-electron chi connectivity index (χ1n) is 15.5. The Balaban J connectivity index is 1.01. The van der Waals surface area contributed by atoms with Crippen LogP contribution >= 0.6 is 0 Å². The molecular formula is C42H28N4. The third kappa shape index (κ3) is 4.26. The Labute approximate surface area is 266 Å². The van der Waals surface area contributed by atoms with Crippen LogP contribution in [0.1, 0.15) is 5.56 Å². The summed E-state index contributed by atoms with van der Waals surface area (Å²) in [5.74, 6) is 0. The number of pyridine rings is 3. The Hall–Kier alpha value is -6.13. The van der Waals surface area contributed by atoms with Crippen LogP contribution in [0.15, 0.2) is 152 Å². The second-order valence-electron chi connectivity index (χ2n) is 11.9. The fourth-order valence-electron chi connectivity index (χ4n) is 6.78. The van der Waals surface area contributed by atoms with Gasteiger partial charge in [-0.1, -0.05) is 84.4 Å². The smallest absolute Gasteiger partial charge is 0.0886 e. The SMILES string of the molecule is Cc1ccc2c(c1)c1ccncc1n2-c1ccc(-c2ccc(-c3ccc(-c4cc5ccccc5c5ccccc45)cn3)nc2)cc1. The Kier molecular flexibility index (Phi) is 6.00. The van der Waals surface area contributed by atoms with Crippen molar-refractivity contribution in [1.82, 2.24) is 19.5 Å². The molecule has 4 aromatic heterocycles. The first-order valence-corrected chi connectivity index (χ1v) is 15.5. The van der Waals surface area contributed by atoms with Gasteiger partial charge in [-0.05, 0) is 88.1 Å². The molecule has 0 spiro atoms. The highest BCUT2D eigenvalue weighted by Crippen LogP contribution is 2.36. The summed E-state index contributed by atoms with van der Waals surface area (Å²) in [4.78, 5) is 14.1. The largest absolute Gasteiger partial charge is 0.308 e. The fourth-order valence-corrected chi connectivity index (χ4v) is 6.78. The highest BCUT2D eigenvalue weighted by molar-refractivity contribution is 6.13. The molecule has 4 nitrogen and oxygen atoms in total. The van der Waals surface area contributed by atoms with Crippen LogP contribution in [0.4, 0.5) is 0 Å². The molecule has 9 rings (SSSR count). The van der Waals surface area contributed by atoms with Gasteiger partial charge in [0.25, 0.3) is 0 Å². The van der Waals surface area contributed by atoms with E-state index in [1.165, 1.54) is 49.0 Å². The topological polar surface area (TPSA) is 43.6 Å². The van der Waals surface area contributed by atoms with E-state index in [4.69, 9.17) is 9.97 Å². The number of benzene rings is 5. The van der Waals surface area contributed by atoms with E-state index in [1.54, 1.807) is 0 Å². The van der Waals surface area contributed by atoms with E-state index in [2.05, 4.69) is 144 Å². The van der Waals surface area contributed by atoms with Gasteiger partial charge in [0.1, 0.15) is 0 Å². The molecule has 9 aromatic rings. The summed E-state index contributed by atoms with van der Waals surface area (Å²) in [7, 11) is 0. The van der Waals surface area contributed by atoms with E-state index < -0.39 is 0 Å². The Morgan fingerprint density at radius 3 is 1.93 bits per heavy atom. The minimum atomic E-state index is 0.850. The molecule has 0 saturated heterocycles. The molecule has 5 aromatic carbocycles. The van der Waals surface area contributed by atoms with Crippen molar-refractivity contribution in [2.45, 2.75) is 6.92 Å². The third-order valence-corrected chi connectivity index (χ3v) is 9.05. The molecule has 46 heavy (non-hydrogen) atoms. The summed E-state index contributed by atoms with van der Waals surface area (Å²) in [5.41, 5.74) is 10.8. The van der Waals surface area contributed by atoms with Gasteiger partial charge >= 0.3 is 0 Å². The van der Waals surface area contributed by atoms with E-state index in [0.29, 0.717) is 0 Å². The quantitative estimate of drug-likeness (QED) is 0.192. The average molecular weight is 589 g/mol. The second kappa shape index (κ2) is 10.5. The highest BCUT2D eigenvalue weighted by atomic mass is 15.0. The predicted octanol–water partition coefficient (Wildman–Crippen LogP) is 10.6. The molecule has 0 fully saturated rings. The number of hydrogen-bond donors (Lipinski definition) is 0. The van der Waals surface area contributed by atoms with E-state index in [0.717, 1.165) is 39.3 Å². The Morgan fingerprint density at radius 2 is 1.17 bits per heavy atom. The molecule has 216 valence electrons. The van der Waals surface area contributed by atoms with Gasteiger partial charge < -0.3 is 4.57 Å². The standard InChI is InChI=1S/C42H28N4/c1-27-10-19-41-38(22-27)36-20-21-43-26-42(36)46(41)32-15-11-28(12-16-32)30-13-17-39(44-24-30)40-18-14-31(25-45-40)37-23-29-6-2-3-7-33(29)34-8-4-5-9-35(34)37/h2-26H,1H3. The van der Waals surface area contributed by atoms with Crippen molar-refractivity contribution in [3.05, 3.63) is 158 Å². The van der Waals surface area contributed by atoms with Crippen LogP contribution in [0.2, 0.25) is 0 Å². The molecule has 0 bridgehead atoms. The van der Waals surface area contributed by atoms with Crippen LogP contribution in [-0.4, -0.2) is 19.5 Å². The number of aryl methyl sites for hydroxylation is 1. The Morgan fingerprint density at radius 1 is 0.478 bits per heavy atom. The molecule has 0 amide bonds. The van der Waals surface area contributed by atoms with Crippen molar-refractivity contribution in [2.75, 3.05) is 0 Å². The fraction of sp³-hybridized carbons (Fsp3) is 0.0238. The van der Waals surface area contributed by atoms with Crippen molar-refractivity contribution in [1.29, 1.82) is 0 Å². The summed E-state index contributed by atoms with van der Waals surface area (Å²) in [6.45, 7) is 2.14. The maximum absolute atomic E-state index is 4.84. The molecule has 0 aliphatic rings. The van der Waals surface area contributed by atoms with Gasteiger partial charge in [0.2, 0.25) is 0 Å². The van der Waals surface area contributed by atoms with E-state index >= 15 is 0 Å². The lowest BCUT2D eigenvalue weighted by atomic mass is 9.94. The monoisotopic (exact) mass is 588 g/mol. The van der Waals surface area contributed by atoms with Crippen molar-refractivity contribution in [3.8, 4) is 39.3 Å². The minimum Gasteiger partial charge on any atom is -0.308 e. The number of aromatic nitrogens is 4. The molecule has 0 unspecified atom stereocenters. The van der Waals surface area contributed by atoms with Crippen LogP contribution in [0, 0.1) is 6.92 Å². The second-order valence-corrected chi connectivity index (χ2v) is 11.9. The van der Waals surface area contributed by atoms with Gasteiger partial charge in [-0.15, -0.1) is 0 Å². The molecule has 0 radical (unpaired) electrons. The predicted molar refractivity (Wildman–Crippen MR) is 190 cm³/mol. The van der Waals surface area contributed by atoms with Crippen LogP contribution < -0.4 is 0 Å². The van der Waals surface area contributed by atoms with Crippen LogP contribution in [0.5, 0.6) is 0 Å². The first-order chi connectivity index (χ1) is 22.7. The maximum atomic E-state index is 4.84. The van der Waals surface area contributed by atoms with Gasteiger partial charge in [0.05, 0.1) is 28.6 Å². The number of rotatable bonds is 4. The van der Waals surface area contributed by atoms with Crippen LogP contribution in [-0.2, 0) is 0 Å². The lowest BCUT2D eigenvalue weighted by Gasteiger charge is -2.11. The summed E-state index contributed by atoms with van der Waals surface area (Å²) >= 11 is 0. The lowest BCUT2D eigenvalue weighted by Crippen LogP contribution is -1.94. The molecule has 4 heterocycles. The highest BCUT2D eigenvalue weighted by Gasteiger charge is 2.13. The molecule has 0 saturated carbocycles. The van der Waals surface area contributed by atoms with Gasteiger partial charge in [0.15, 0.2) is 0 Å². The van der Waals surface area contributed by atoms with Crippen molar-refractivity contribution in [2.24, 2.45) is 0 Å². The van der Waals surface area contributed by atoms with E-state index in [-0.39, 0.29) is 0 Å².